The van der Waals surface area contributed by atoms with Crippen LogP contribution in [0.25, 0.3) is 0 Å². The molecule has 0 radical (unpaired) electrons. The molecule has 23 heavy (non-hydrogen) atoms. The van der Waals surface area contributed by atoms with Crippen LogP contribution in [0.15, 0.2) is 30.3 Å². The Morgan fingerprint density at radius 3 is 2.74 bits per heavy atom. The average Bonchev–Trinajstić information content (AvgIpc) is 2.84. The number of hydrogen-bond donors (Lipinski definition) is 0. The van der Waals surface area contributed by atoms with Gasteiger partial charge in [0.2, 0.25) is 0 Å². The summed E-state index contributed by atoms with van der Waals surface area (Å²) in [5, 5.41) is 0. The molecule has 0 N–H and O–H groups in total. The lowest BCUT2D eigenvalue weighted by molar-refractivity contribution is -0.133. The summed E-state index contributed by atoms with van der Waals surface area (Å²) in [6.07, 6.45) is 1.04. The quantitative estimate of drug-likeness (QED) is 0.766. The molecule has 0 saturated carbocycles. The molecule has 1 unspecified atom stereocenters. The van der Waals surface area contributed by atoms with Gasteiger partial charge in [-0.25, -0.2) is 0 Å². The van der Waals surface area contributed by atoms with Gasteiger partial charge in [-0.15, -0.1) is 0 Å². The normalized spacial score (nSPS) is 17.6. The van der Waals surface area contributed by atoms with Crippen LogP contribution in [-0.4, -0.2) is 66.0 Å². The minimum Gasteiger partial charge on any atom is -0.484 e. The van der Waals surface area contributed by atoms with Gasteiger partial charge in [-0.05, 0) is 31.2 Å². The van der Waals surface area contributed by atoms with Crippen LogP contribution in [0.5, 0.6) is 5.75 Å². The summed E-state index contributed by atoms with van der Waals surface area (Å²) in [5.74, 6) is 3.18. The first-order valence-corrected chi connectivity index (χ1v) is 9.63. The number of carbonyl (C=O) groups is 1. The Labute approximate surface area is 144 Å². The Morgan fingerprint density at radius 1 is 1.22 bits per heavy atom. The van der Waals surface area contributed by atoms with Crippen LogP contribution < -0.4 is 4.74 Å². The number of benzene rings is 1. The molecule has 1 aliphatic heterocycles. The van der Waals surface area contributed by atoms with Crippen molar-refractivity contribution in [3.05, 3.63) is 30.3 Å². The van der Waals surface area contributed by atoms with E-state index in [2.05, 4.69) is 18.7 Å². The molecular weight excluding hydrogens is 308 g/mol. The van der Waals surface area contributed by atoms with Crippen LogP contribution in [0.3, 0.4) is 0 Å². The van der Waals surface area contributed by atoms with E-state index in [0.717, 1.165) is 38.3 Å². The highest BCUT2D eigenvalue weighted by molar-refractivity contribution is 7.99. The number of amides is 1. The summed E-state index contributed by atoms with van der Waals surface area (Å²) >= 11 is 1.99. The number of rotatable bonds is 7. The van der Waals surface area contributed by atoms with Crippen molar-refractivity contribution in [1.82, 2.24) is 9.80 Å². The van der Waals surface area contributed by atoms with Gasteiger partial charge in [0, 0.05) is 38.0 Å². The third kappa shape index (κ3) is 6.07. The first-order chi connectivity index (χ1) is 11.2. The highest BCUT2D eigenvalue weighted by Gasteiger charge is 2.22. The molecule has 1 aromatic rings. The van der Waals surface area contributed by atoms with Crippen molar-refractivity contribution in [1.29, 1.82) is 0 Å². The van der Waals surface area contributed by atoms with Crippen molar-refractivity contribution in [3.63, 3.8) is 0 Å². The molecule has 0 bridgehead atoms. The van der Waals surface area contributed by atoms with Gasteiger partial charge in [-0.2, -0.15) is 11.8 Å². The van der Waals surface area contributed by atoms with Crippen molar-refractivity contribution in [2.45, 2.75) is 26.3 Å². The summed E-state index contributed by atoms with van der Waals surface area (Å²) in [5.41, 5.74) is 0. The fraction of sp³-hybridized carbons (Fsp3) is 0.611. The van der Waals surface area contributed by atoms with E-state index in [0.29, 0.717) is 6.04 Å². The number of para-hydroxylation sites is 1. The van der Waals surface area contributed by atoms with Gasteiger partial charge < -0.3 is 9.64 Å². The van der Waals surface area contributed by atoms with E-state index in [9.17, 15) is 4.79 Å². The highest BCUT2D eigenvalue weighted by Crippen LogP contribution is 2.13. The van der Waals surface area contributed by atoms with E-state index >= 15 is 0 Å². The molecule has 0 aliphatic carbocycles. The second kappa shape index (κ2) is 9.83. The van der Waals surface area contributed by atoms with Gasteiger partial charge in [0.15, 0.2) is 6.61 Å². The molecule has 1 aliphatic rings. The molecule has 1 saturated heterocycles. The summed E-state index contributed by atoms with van der Waals surface area (Å²) in [7, 11) is 0. The molecule has 1 aromatic carbocycles. The molecule has 128 valence electrons. The van der Waals surface area contributed by atoms with Gasteiger partial charge in [-0.3, -0.25) is 9.69 Å². The fourth-order valence-electron chi connectivity index (χ4n) is 2.77. The van der Waals surface area contributed by atoms with E-state index in [-0.39, 0.29) is 12.5 Å². The lowest BCUT2D eigenvalue weighted by atomic mass is 10.3. The van der Waals surface area contributed by atoms with Crippen LogP contribution in [0, 0.1) is 0 Å². The Balaban J connectivity index is 1.77. The summed E-state index contributed by atoms with van der Waals surface area (Å²) < 4.78 is 5.58. The Hall–Kier alpha value is -1.20. The molecule has 1 atom stereocenters. The first kappa shape index (κ1) is 18.1. The molecule has 1 amide bonds. The van der Waals surface area contributed by atoms with Gasteiger partial charge >= 0.3 is 0 Å². The van der Waals surface area contributed by atoms with Crippen molar-refractivity contribution in [3.8, 4) is 5.75 Å². The van der Waals surface area contributed by atoms with E-state index in [1.165, 1.54) is 11.5 Å². The summed E-state index contributed by atoms with van der Waals surface area (Å²) in [4.78, 5) is 16.8. The zero-order valence-electron chi connectivity index (χ0n) is 14.2. The summed E-state index contributed by atoms with van der Waals surface area (Å²) in [6.45, 7) is 8.30. The summed E-state index contributed by atoms with van der Waals surface area (Å²) in [6, 6.07) is 10.1. The first-order valence-electron chi connectivity index (χ1n) is 8.48. The lowest BCUT2D eigenvalue weighted by Gasteiger charge is -2.27. The maximum absolute atomic E-state index is 12.4. The Bertz CT molecular complexity index is 469. The van der Waals surface area contributed by atoms with Crippen LogP contribution >= 0.6 is 11.8 Å². The number of hydrogen-bond acceptors (Lipinski definition) is 4. The third-order valence-corrected chi connectivity index (χ3v) is 5.30. The Morgan fingerprint density at radius 2 is 2.00 bits per heavy atom. The number of nitrogens with zero attached hydrogens (tertiary/aromatic N) is 2. The maximum atomic E-state index is 12.4. The molecule has 1 heterocycles. The van der Waals surface area contributed by atoms with E-state index in [1.807, 2.05) is 47.0 Å². The second-order valence-electron chi connectivity index (χ2n) is 5.88. The largest absolute Gasteiger partial charge is 0.484 e. The minimum absolute atomic E-state index is 0.0892. The molecular formula is C18H28N2O2S. The molecule has 2 rings (SSSR count). The van der Waals surface area contributed by atoms with Gasteiger partial charge in [0.25, 0.3) is 5.91 Å². The highest BCUT2D eigenvalue weighted by atomic mass is 32.2. The zero-order chi connectivity index (χ0) is 16.5. The van der Waals surface area contributed by atoms with Crippen LogP contribution in [-0.2, 0) is 4.79 Å². The molecule has 5 heteroatoms. The maximum Gasteiger partial charge on any atom is 0.260 e. The van der Waals surface area contributed by atoms with Gasteiger partial charge in [-0.1, -0.05) is 25.1 Å². The zero-order valence-corrected chi connectivity index (χ0v) is 15.1. The van der Waals surface area contributed by atoms with Crippen LogP contribution in [0.1, 0.15) is 20.3 Å². The molecule has 4 nitrogen and oxygen atoms in total. The van der Waals surface area contributed by atoms with E-state index in [4.69, 9.17) is 4.74 Å². The third-order valence-electron chi connectivity index (χ3n) is 4.18. The van der Waals surface area contributed by atoms with Crippen molar-refractivity contribution in [2.24, 2.45) is 0 Å². The monoisotopic (exact) mass is 336 g/mol. The van der Waals surface area contributed by atoms with Crippen LogP contribution in [0.4, 0.5) is 0 Å². The second-order valence-corrected chi connectivity index (χ2v) is 7.20. The van der Waals surface area contributed by atoms with E-state index in [1.54, 1.807) is 0 Å². The van der Waals surface area contributed by atoms with Crippen molar-refractivity contribution >= 4 is 17.7 Å². The van der Waals surface area contributed by atoms with Crippen LogP contribution in [0.2, 0.25) is 0 Å². The molecule has 0 spiro atoms. The molecule has 0 aromatic heterocycles. The molecule has 1 fully saturated rings. The average molecular weight is 337 g/mol. The lowest BCUT2D eigenvalue weighted by Crippen LogP contribution is -2.40. The smallest absolute Gasteiger partial charge is 0.260 e. The SMILES string of the molecule is CCSCC(C)N1CCCN(C(=O)COc2ccccc2)CC1. The fourth-order valence-corrected chi connectivity index (χ4v) is 3.56. The number of carbonyl (C=O) groups excluding carboxylic acids is 1. The minimum atomic E-state index is 0.0892. The van der Waals surface area contributed by atoms with Gasteiger partial charge in [0.05, 0.1) is 0 Å². The number of thioether (sulfide) groups is 1. The van der Waals surface area contributed by atoms with Crippen molar-refractivity contribution < 1.29 is 9.53 Å². The predicted octanol–water partition coefficient (Wildman–Crippen LogP) is 2.74. The predicted molar refractivity (Wildman–Crippen MR) is 97.2 cm³/mol. The van der Waals surface area contributed by atoms with E-state index < -0.39 is 0 Å². The Kier molecular flexibility index (Phi) is 7.76. The van der Waals surface area contributed by atoms with Gasteiger partial charge in [0.1, 0.15) is 5.75 Å². The topological polar surface area (TPSA) is 32.8 Å². The van der Waals surface area contributed by atoms with Crippen molar-refractivity contribution in [2.75, 3.05) is 44.3 Å². The number of ether oxygens (including phenoxy) is 1. The standard InChI is InChI=1S/C18H28N2O2S/c1-3-23-15-16(2)19-10-7-11-20(13-12-19)18(21)14-22-17-8-5-4-6-9-17/h4-6,8-9,16H,3,7,10-15H2,1-2H3.